The van der Waals surface area contributed by atoms with E-state index < -0.39 is 0 Å². The second-order valence-corrected chi connectivity index (χ2v) is 8.09. The van der Waals surface area contributed by atoms with Crippen molar-refractivity contribution in [2.24, 2.45) is 0 Å². The van der Waals surface area contributed by atoms with E-state index in [4.69, 9.17) is 4.74 Å². The molecule has 27 heavy (non-hydrogen) atoms. The largest absolute Gasteiger partial charge is 0.376 e. The first-order chi connectivity index (χ1) is 13.2. The van der Waals surface area contributed by atoms with Crippen LogP contribution >= 0.6 is 23.1 Å². The Hall–Kier alpha value is -2.16. The van der Waals surface area contributed by atoms with E-state index in [0.29, 0.717) is 21.9 Å². The van der Waals surface area contributed by atoms with Crippen LogP contribution in [0, 0.1) is 0 Å². The Bertz CT molecular complexity index is 994. The number of para-hydroxylation sites is 1. The van der Waals surface area contributed by atoms with Crippen LogP contribution in [0.25, 0.3) is 15.9 Å². The van der Waals surface area contributed by atoms with Crippen LogP contribution in [-0.2, 0) is 9.53 Å². The molecule has 1 aliphatic rings. The maximum Gasteiger partial charge on any atom is 0.276 e. The predicted molar refractivity (Wildman–Crippen MR) is 108 cm³/mol. The Morgan fingerprint density at radius 3 is 2.96 bits per heavy atom. The van der Waals surface area contributed by atoms with Gasteiger partial charge in [0.2, 0.25) is 5.91 Å². The van der Waals surface area contributed by atoms with Gasteiger partial charge in [-0.2, -0.15) is 0 Å². The number of nitrogens with zero attached hydrogens (tertiary/aromatic N) is 2. The summed E-state index contributed by atoms with van der Waals surface area (Å²) >= 11 is 2.65. The molecule has 140 valence electrons. The van der Waals surface area contributed by atoms with Crippen molar-refractivity contribution < 1.29 is 9.53 Å². The third-order valence-corrected chi connectivity index (χ3v) is 6.18. The highest BCUT2D eigenvalue weighted by molar-refractivity contribution is 7.99. The van der Waals surface area contributed by atoms with Crippen molar-refractivity contribution in [2.45, 2.75) is 24.1 Å². The average Bonchev–Trinajstić information content (AvgIpc) is 3.37. The average molecular weight is 402 g/mol. The van der Waals surface area contributed by atoms with E-state index in [1.165, 1.54) is 23.1 Å². The summed E-state index contributed by atoms with van der Waals surface area (Å²) < 4.78 is 7.72. The number of amides is 1. The highest BCUT2D eigenvalue weighted by Gasteiger charge is 2.18. The van der Waals surface area contributed by atoms with Crippen molar-refractivity contribution in [1.29, 1.82) is 0 Å². The van der Waals surface area contributed by atoms with Gasteiger partial charge in [0.25, 0.3) is 5.56 Å². The Morgan fingerprint density at radius 2 is 2.19 bits per heavy atom. The van der Waals surface area contributed by atoms with Gasteiger partial charge in [0, 0.05) is 13.2 Å². The lowest BCUT2D eigenvalue weighted by Gasteiger charge is -2.13. The summed E-state index contributed by atoms with van der Waals surface area (Å²) in [7, 11) is 0. The molecule has 3 aromatic rings. The lowest BCUT2D eigenvalue weighted by Crippen LogP contribution is -2.33. The van der Waals surface area contributed by atoms with Crippen molar-refractivity contribution >= 4 is 39.2 Å². The van der Waals surface area contributed by atoms with Crippen molar-refractivity contribution in [2.75, 3.05) is 18.9 Å². The quantitative estimate of drug-likeness (QED) is 0.508. The maximum atomic E-state index is 13.0. The van der Waals surface area contributed by atoms with E-state index in [-0.39, 0.29) is 23.3 Å². The summed E-state index contributed by atoms with van der Waals surface area (Å²) in [5.74, 6) is 0.108. The van der Waals surface area contributed by atoms with E-state index in [2.05, 4.69) is 10.3 Å². The molecule has 2 aromatic heterocycles. The highest BCUT2D eigenvalue weighted by atomic mass is 32.2. The number of ether oxygens (including phenoxy) is 1. The normalized spacial score (nSPS) is 16.7. The number of thioether (sulfide) groups is 1. The molecular formula is C19H19N3O3S2. The molecule has 1 fully saturated rings. The van der Waals surface area contributed by atoms with Gasteiger partial charge in [-0.1, -0.05) is 30.0 Å². The number of rotatable bonds is 6. The molecule has 1 atom stereocenters. The summed E-state index contributed by atoms with van der Waals surface area (Å²) in [5, 5.41) is 5.28. The van der Waals surface area contributed by atoms with Gasteiger partial charge < -0.3 is 10.1 Å². The SMILES string of the molecule is O=C(CSc1nc2ccsc2c(=O)n1-c1ccccc1)NC[C@H]1CCCO1. The fraction of sp³-hybridized carbons (Fsp3) is 0.316. The Labute approximate surface area is 164 Å². The van der Waals surface area contributed by atoms with E-state index in [1.54, 1.807) is 4.57 Å². The van der Waals surface area contributed by atoms with E-state index in [9.17, 15) is 9.59 Å². The van der Waals surface area contributed by atoms with Gasteiger partial charge in [-0.25, -0.2) is 4.98 Å². The first-order valence-corrected chi connectivity index (χ1v) is 10.7. The van der Waals surface area contributed by atoms with Crippen LogP contribution in [0.1, 0.15) is 12.8 Å². The molecule has 1 saturated heterocycles. The number of fused-ring (bicyclic) bond motifs is 1. The van der Waals surface area contributed by atoms with Crippen LogP contribution in [-0.4, -0.2) is 40.5 Å². The van der Waals surface area contributed by atoms with Crippen LogP contribution in [0.5, 0.6) is 0 Å². The number of benzene rings is 1. The molecule has 3 heterocycles. The highest BCUT2D eigenvalue weighted by Crippen LogP contribution is 2.23. The van der Waals surface area contributed by atoms with Gasteiger partial charge in [0.15, 0.2) is 5.16 Å². The summed E-state index contributed by atoms with van der Waals surface area (Å²) in [6.45, 7) is 1.30. The van der Waals surface area contributed by atoms with Crippen molar-refractivity contribution in [3.63, 3.8) is 0 Å². The molecule has 1 amide bonds. The molecule has 1 aromatic carbocycles. The molecule has 1 aliphatic heterocycles. The van der Waals surface area contributed by atoms with Gasteiger partial charge in [-0.15, -0.1) is 11.3 Å². The summed E-state index contributed by atoms with van der Waals surface area (Å²) in [6.07, 6.45) is 2.14. The van der Waals surface area contributed by atoms with Crippen LogP contribution < -0.4 is 10.9 Å². The molecule has 0 spiro atoms. The van der Waals surface area contributed by atoms with Crippen LogP contribution in [0.15, 0.2) is 51.7 Å². The van der Waals surface area contributed by atoms with Gasteiger partial charge in [-0.3, -0.25) is 14.2 Å². The van der Waals surface area contributed by atoms with Crippen molar-refractivity contribution in [3.8, 4) is 5.69 Å². The summed E-state index contributed by atoms with van der Waals surface area (Å²) in [5.41, 5.74) is 1.30. The van der Waals surface area contributed by atoms with Crippen molar-refractivity contribution in [3.05, 3.63) is 52.1 Å². The molecule has 1 N–H and O–H groups in total. The van der Waals surface area contributed by atoms with Gasteiger partial charge in [0.05, 0.1) is 23.1 Å². The second-order valence-electron chi connectivity index (χ2n) is 6.23. The number of nitrogens with one attached hydrogen (secondary N) is 1. The number of carbonyl (C=O) groups excluding carboxylic acids is 1. The number of thiophene rings is 1. The minimum atomic E-state index is -0.108. The molecule has 4 rings (SSSR count). The molecular weight excluding hydrogens is 382 g/mol. The molecule has 6 nitrogen and oxygen atoms in total. The second kappa shape index (κ2) is 8.24. The predicted octanol–water partition coefficient (Wildman–Crippen LogP) is 2.83. The minimum Gasteiger partial charge on any atom is -0.376 e. The molecule has 0 radical (unpaired) electrons. The van der Waals surface area contributed by atoms with Crippen LogP contribution in [0.4, 0.5) is 0 Å². The first kappa shape index (κ1) is 18.2. The number of aromatic nitrogens is 2. The Kier molecular flexibility index (Phi) is 5.56. The zero-order valence-corrected chi connectivity index (χ0v) is 16.2. The third kappa shape index (κ3) is 4.07. The van der Waals surface area contributed by atoms with Crippen LogP contribution in [0.2, 0.25) is 0 Å². The Morgan fingerprint density at radius 1 is 1.33 bits per heavy atom. The van der Waals surface area contributed by atoms with E-state index in [1.807, 2.05) is 41.8 Å². The minimum absolute atomic E-state index is 0.0882. The monoisotopic (exact) mass is 401 g/mol. The summed E-state index contributed by atoms with van der Waals surface area (Å²) in [6, 6.07) is 11.2. The van der Waals surface area contributed by atoms with Gasteiger partial charge in [0.1, 0.15) is 4.70 Å². The van der Waals surface area contributed by atoms with E-state index >= 15 is 0 Å². The lowest BCUT2D eigenvalue weighted by molar-refractivity contribution is -0.119. The molecule has 0 bridgehead atoms. The molecule has 8 heteroatoms. The van der Waals surface area contributed by atoms with Gasteiger partial charge >= 0.3 is 0 Å². The zero-order valence-electron chi connectivity index (χ0n) is 14.6. The fourth-order valence-corrected chi connectivity index (χ4v) is 4.61. The van der Waals surface area contributed by atoms with Crippen molar-refractivity contribution in [1.82, 2.24) is 14.9 Å². The zero-order chi connectivity index (χ0) is 18.6. The number of hydrogen-bond donors (Lipinski definition) is 1. The molecule has 0 saturated carbocycles. The molecule has 0 unspecified atom stereocenters. The standard InChI is InChI=1S/C19H19N3O3S2/c23-16(20-11-14-7-4-9-25-14)12-27-19-21-15-8-10-26-17(15)18(24)22(19)13-5-2-1-3-6-13/h1-3,5-6,8,10,14H,4,7,9,11-12H2,(H,20,23)/t14-/m1/s1. The van der Waals surface area contributed by atoms with E-state index in [0.717, 1.165) is 25.1 Å². The third-order valence-electron chi connectivity index (χ3n) is 4.35. The smallest absolute Gasteiger partial charge is 0.276 e. The number of carbonyl (C=O) groups is 1. The lowest BCUT2D eigenvalue weighted by atomic mass is 10.2. The Balaban J connectivity index is 1.55. The number of hydrogen-bond acceptors (Lipinski definition) is 6. The fourth-order valence-electron chi connectivity index (χ4n) is 3.01. The topological polar surface area (TPSA) is 73.2 Å². The maximum absolute atomic E-state index is 13.0. The molecule has 0 aliphatic carbocycles. The van der Waals surface area contributed by atoms with Crippen LogP contribution in [0.3, 0.4) is 0 Å². The first-order valence-electron chi connectivity index (χ1n) is 8.79. The van der Waals surface area contributed by atoms with Gasteiger partial charge in [-0.05, 0) is 36.4 Å². The summed E-state index contributed by atoms with van der Waals surface area (Å²) in [4.78, 5) is 29.8.